The van der Waals surface area contributed by atoms with E-state index in [2.05, 4.69) is 14.8 Å². The van der Waals surface area contributed by atoms with Gasteiger partial charge in [-0.1, -0.05) is 23.7 Å². The van der Waals surface area contributed by atoms with E-state index in [0.717, 1.165) is 28.3 Å². The number of ether oxygens (including phenoxy) is 1. The molecule has 1 aromatic carbocycles. The van der Waals surface area contributed by atoms with Crippen LogP contribution in [0.15, 0.2) is 35.8 Å². The molecule has 5 nitrogen and oxygen atoms in total. The Labute approximate surface area is 166 Å². The van der Waals surface area contributed by atoms with Crippen LogP contribution in [0, 0.1) is 0 Å². The molecule has 0 saturated heterocycles. The van der Waals surface area contributed by atoms with Gasteiger partial charge in [0.1, 0.15) is 5.88 Å². The minimum atomic E-state index is -0.0809. The topological polar surface area (TPSA) is 46.8 Å². The molecule has 3 rings (SSSR count). The summed E-state index contributed by atoms with van der Waals surface area (Å²) in [5.74, 6) is -0.100. The number of imidazole rings is 1. The molecule has 0 spiro atoms. The minimum absolute atomic E-state index is 0.0193. The van der Waals surface area contributed by atoms with Crippen molar-refractivity contribution < 1.29 is 9.53 Å². The summed E-state index contributed by atoms with van der Waals surface area (Å²) in [5, 5.41) is 2.78. The number of hydrogen-bond donors (Lipinski definition) is 0. The Morgan fingerprint density at radius 2 is 2.08 bits per heavy atom. The zero-order chi connectivity index (χ0) is 18.5. The maximum absolute atomic E-state index is 12.0. The molecule has 2 heterocycles. The molecule has 0 bridgehead atoms. The van der Waals surface area contributed by atoms with Gasteiger partial charge in [-0.05, 0) is 12.1 Å². The molecule has 0 saturated carbocycles. The Morgan fingerprint density at radius 1 is 1.31 bits per heavy atom. The van der Waals surface area contributed by atoms with Crippen LogP contribution in [0.2, 0.25) is 5.02 Å². The molecule has 0 aliphatic carbocycles. The van der Waals surface area contributed by atoms with Crippen LogP contribution in [-0.4, -0.2) is 52.9 Å². The van der Waals surface area contributed by atoms with E-state index in [1.165, 1.54) is 0 Å². The molecule has 0 N–H and O–H groups in total. The predicted molar refractivity (Wildman–Crippen MR) is 106 cm³/mol. The Bertz CT molecular complexity index is 876. The number of amides is 1. The van der Waals surface area contributed by atoms with Gasteiger partial charge >= 0.3 is 0 Å². The lowest BCUT2D eigenvalue weighted by Gasteiger charge is -2.21. The Kier molecular flexibility index (Phi) is 6.53. The highest BCUT2D eigenvalue weighted by atomic mass is 35.5. The zero-order valence-electron chi connectivity index (χ0n) is 14.3. The van der Waals surface area contributed by atoms with Crippen LogP contribution in [0.5, 0.6) is 0 Å². The van der Waals surface area contributed by atoms with Crippen LogP contribution >= 0.6 is 34.5 Å². The highest BCUT2D eigenvalue weighted by Gasteiger charge is 2.14. The molecule has 0 aliphatic rings. The van der Waals surface area contributed by atoms with E-state index < -0.39 is 0 Å². The third-order valence-electron chi connectivity index (χ3n) is 4.09. The second-order valence-corrected chi connectivity index (χ2v) is 7.31. The maximum Gasteiger partial charge on any atom is 0.237 e. The number of methoxy groups -OCH3 is 1. The average molecular weight is 412 g/mol. The van der Waals surface area contributed by atoms with Gasteiger partial charge < -0.3 is 9.64 Å². The lowest BCUT2D eigenvalue weighted by molar-refractivity contribution is -0.129. The van der Waals surface area contributed by atoms with Crippen LogP contribution in [0.3, 0.4) is 0 Å². The first-order chi connectivity index (χ1) is 12.6. The smallest absolute Gasteiger partial charge is 0.237 e. The molecular formula is C18H19Cl2N3O2S. The van der Waals surface area contributed by atoms with Crippen LogP contribution in [0.25, 0.3) is 16.2 Å². The summed E-state index contributed by atoms with van der Waals surface area (Å²) in [5.41, 5.74) is 3.04. The number of hydrogen-bond acceptors (Lipinski definition) is 4. The molecule has 2 aromatic heterocycles. The molecule has 3 aromatic rings. The molecule has 1 amide bonds. The number of aromatic nitrogens is 2. The standard InChI is InChI=1S/C18H19Cl2N3O2S/c1-25-9-8-22(17(24)10-19)7-6-15-12-26-18-21-16(11-23(15)18)13-2-4-14(20)5-3-13/h2-5,11-12H,6-10H2,1H3. The van der Waals surface area contributed by atoms with Gasteiger partial charge in [-0.15, -0.1) is 22.9 Å². The van der Waals surface area contributed by atoms with Crippen molar-refractivity contribution in [2.45, 2.75) is 6.42 Å². The lowest BCUT2D eigenvalue weighted by Crippen LogP contribution is -2.36. The van der Waals surface area contributed by atoms with Crippen molar-refractivity contribution in [1.29, 1.82) is 0 Å². The predicted octanol–water partition coefficient (Wildman–Crippen LogP) is 3.97. The lowest BCUT2D eigenvalue weighted by atomic mass is 10.2. The van der Waals surface area contributed by atoms with Gasteiger partial charge in [0.2, 0.25) is 5.91 Å². The molecule has 0 aliphatic heterocycles. The van der Waals surface area contributed by atoms with Crippen molar-refractivity contribution in [1.82, 2.24) is 14.3 Å². The summed E-state index contributed by atoms with van der Waals surface area (Å²) >= 11 is 13.2. The quantitative estimate of drug-likeness (QED) is 0.526. The third kappa shape index (κ3) is 4.38. The fourth-order valence-electron chi connectivity index (χ4n) is 2.67. The van der Waals surface area contributed by atoms with E-state index in [-0.39, 0.29) is 11.8 Å². The number of thiazole rings is 1. The molecular weight excluding hydrogens is 393 g/mol. The minimum Gasteiger partial charge on any atom is -0.383 e. The van der Waals surface area contributed by atoms with Crippen LogP contribution in [-0.2, 0) is 16.0 Å². The molecule has 26 heavy (non-hydrogen) atoms. The monoisotopic (exact) mass is 411 g/mol. The average Bonchev–Trinajstić information content (AvgIpc) is 3.23. The first-order valence-electron chi connectivity index (χ1n) is 8.16. The van der Waals surface area contributed by atoms with Gasteiger partial charge in [-0.25, -0.2) is 4.98 Å². The van der Waals surface area contributed by atoms with E-state index >= 15 is 0 Å². The summed E-state index contributed by atoms with van der Waals surface area (Å²) < 4.78 is 7.15. The van der Waals surface area contributed by atoms with Crippen molar-refractivity contribution >= 4 is 45.4 Å². The van der Waals surface area contributed by atoms with E-state index in [4.69, 9.17) is 27.9 Å². The Hall–Kier alpha value is -1.60. The van der Waals surface area contributed by atoms with Gasteiger partial charge in [0.05, 0.1) is 12.3 Å². The van der Waals surface area contributed by atoms with Crippen molar-refractivity contribution in [3.63, 3.8) is 0 Å². The van der Waals surface area contributed by atoms with Crippen LogP contribution < -0.4 is 0 Å². The van der Waals surface area contributed by atoms with Crippen molar-refractivity contribution in [3.05, 3.63) is 46.6 Å². The van der Waals surface area contributed by atoms with Gasteiger partial charge in [0.15, 0.2) is 4.96 Å². The zero-order valence-corrected chi connectivity index (χ0v) is 16.7. The highest BCUT2D eigenvalue weighted by molar-refractivity contribution is 7.15. The molecule has 0 radical (unpaired) electrons. The summed E-state index contributed by atoms with van der Waals surface area (Å²) in [6.45, 7) is 1.62. The second kappa shape index (κ2) is 8.86. The number of alkyl halides is 1. The van der Waals surface area contributed by atoms with Crippen LogP contribution in [0.4, 0.5) is 0 Å². The number of fused-ring (bicyclic) bond motifs is 1. The highest BCUT2D eigenvalue weighted by Crippen LogP contribution is 2.25. The van der Waals surface area contributed by atoms with Crippen molar-refractivity contribution in [2.75, 3.05) is 32.7 Å². The number of carbonyl (C=O) groups is 1. The van der Waals surface area contributed by atoms with E-state index in [0.29, 0.717) is 24.7 Å². The number of halogens is 2. The SMILES string of the molecule is COCCN(CCc1csc2nc(-c3ccc(Cl)cc3)cn12)C(=O)CCl. The second-order valence-electron chi connectivity index (χ2n) is 5.77. The number of rotatable bonds is 8. The van der Waals surface area contributed by atoms with Gasteiger partial charge in [-0.2, -0.15) is 0 Å². The van der Waals surface area contributed by atoms with Crippen molar-refractivity contribution in [3.8, 4) is 11.3 Å². The summed E-state index contributed by atoms with van der Waals surface area (Å²) in [7, 11) is 1.62. The van der Waals surface area contributed by atoms with Crippen LogP contribution in [0.1, 0.15) is 5.69 Å². The third-order valence-corrected chi connectivity index (χ3v) is 5.46. The first kappa shape index (κ1) is 19.2. The molecule has 0 fully saturated rings. The molecule has 0 atom stereocenters. The summed E-state index contributed by atoms with van der Waals surface area (Å²) in [6, 6.07) is 7.63. The summed E-state index contributed by atoms with van der Waals surface area (Å²) in [6.07, 6.45) is 2.75. The molecule has 138 valence electrons. The maximum atomic E-state index is 12.0. The molecule has 8 heteroatoms. The summed E-state index contributed by atoms with van der Waals surface area (Å²) in [4.78, 5) is 19.3. The number of carbonyl (C=O) groups excluding carboxylic acids is 1. The van der Waals surface area contributed by atoms with Gasteiger partial charge in [-0.3, -0.25) is 9.20 Å². The number of nitrogens with zero attached hydrogens (tertiary/aromatic N) is 3. The van der Waals surface area contributed by atoms with E-state index in [1.54, 1.807) is 23.3 Å². The largest absolute Gasteiger partial charge is 0.383 e. The van der Waals surface area contributed by atoms with Crippen molar-refractivity contribution in [2.24, 2.45) is 0 Å². The normalized spacial score (nSPS) is 11.2. The fraction of sp³-hybridized carbons (Fsp3) is 0.333. The fourth-order valence-corrected chi connectivity index (χ4v) is 3.87. The first-order valence-corrected chi connectivity index (χ1v) is 9.95. The van der Waals surface area contributed by atoms with E-state index in [1.807, 2.05) is 30.5 Å². The molecule has 0 unspecified atom stereocenters. The van der Waals surface area contributed by atoms with Gasteiger partial charge in [0, 0.05) is 54.5 Å². The Morgan fingerprint density at radius 3 is 2.77 bits per heavy atom. The van der Waals surface area contributed by atoms with E-state index in [9.17, 15) is 4.79 Å². The van der Waals surface area contributed by atoms with Gasteiger partial charge in [0.25, 0.3) is 0 Å². The number of benzene rings is 1. The Balaban J connectivity index is 1.75.